The van der Waals surface area contributed by atoms with Gasteiger partial charge in [-0.15, -0.1) is 0 Å². The first-order valence-corrected chi connectivity index (χ1v) is 9.15. The van der Waals surface area contributed by atoms with E-state index in [0.29, 0.717) is 31.4 Å². The molecule has 0 amide bonds. The highest BCUT2D eigenvalue weighted by atomic mass is 19.4. The number of pyridine rings is 1. The van der Waals surface area contributed by atoms with Crippen LogP contribution in [-0.2, 0) is 6.18 Å². The lowest BCUT2D eigenvalue weighted by molar-refractivity contribution is -0.141. The van der Waals surface area contributed by atoms with Crippen molar-refractivity contribution in [3.05, 3.63) is 23.9 Å². The zero-order valence-electron chi connectivity index (χ0n) is 14.4. The lowest BCUT2D eigenvalue weighted by atomic mass is 9.92. The average Bonchev–Trinajstić information content (AvgIpc) is 2.62. The lowest BCUT2D eigenvalue weighted by Gasteiger charge is -2.46. The van der Waals surface area contributed by atoms with Gasteiger partial charge in [0.1, 0.15) is 11.5 Å². The van der Waals surface area contributed by atoms with Gasteiger partial charge in [-0.1, -0.05) is 25.3 Å². The van der Waals surface area contributed by atoms with Crippen LogP contribution >= 0.6 is 0 Å². The molecule has 25 heavy (non-hydrogen) atoms. The number of rotatable bonds is 4. The van der Waals surface area contributed by atoms with Crippen molar-refractivity contribution in [2.45, 2.75) is 56.8 Å². The maximum absolute atomic E-state index is 12.9. The molecular weight excluding hydrogens is 331 g/mol. The Morgan fingerprint density at radius 2 is 1.88 bits per heavy atom. The molecule has 7 heteroatoms. The fraction of sp³-hybridized carbons (Fsp3) is 0.722. The van der Waals surface area contributed by atoms with Gasteiger partial charge in [0.15, 0.2) is 0 Å². The molecule has 1 atom stereocenters. The van der Waals surface area contributed by atoms with Crippen LogP contribution in [0.5, 0.6) is 0 Å². The van der Waals surface area contributed by atoms with Crippen molar-refractivity contribution in [3.63, 3.8) is 0 Å². The molecule has 3 rings (SSSR count). The van der Waals surface area contributed by atoms with E-state index in [9.17, 15) is 18.3 Å². The molecule has 4 nitrogen and oxygen atoms in total. The largest absolute Gasteiger partial charge is 0.433 e. The van der Waals surface area contributed by atoms with Crippen LogP contribution in [0.4, 0.5) is 19.0 Å². The highest BCUT2D eigenvalue weighted by molar-refractivity contribution is 5.40. The Kier molecular flexibility index (Phi) is 5.84. The topological polar surface area (TPSA) is 39.6 Å². The molecule has 0 unspecified atom stereocenters. The zero-order valence-corrected chi connectivity index (χ0v) is 14.4. The number of hydrogen-bond acceptors (Lipinski definition) is 4. The zero-order chi connectivity index (χ0) is 17.9. The predicted molar refractivity (Wildman–Crippen MR) is 90.5 cm³/mol. The highest BCUT2D eigenvalue weighted by Crippen LogP contribution is 2.31. The highest BCUT2D eigenvalue weighted by Gasteiger charge is 2.35. The first kappa shape index (κ1) is 18.5. The Bertz CT molecular complexity index is 561. The number of nitrogens with zero attached hydrogens (tertiary/aromatic N) is 3. The van der Waals surface area contributed by atoms with E-state index >= 15 is 0 Å². The van der Waals surface area contributed by atoms with Gasteiger partial charge in [-0.2, -0.15) is 13.2 Å². The van der Waals surface area contributed by atoms with Crippen molar-refractivity contribution in [1.82, 2.24) is 9.88 Å². The summed E-state index contributed by atoms with van der Waals surface area (Å²) in [5, 5.41) is 9.43. The Hall–Kier alpha value is -1.34. The van der Waals surface area contributed by atoms with Crippen molar-refractivity contribution in [2.75, 3.05) is 31.1 Å². The van der Waals surface area contributed by atoms with Crippen LogP contribution in [0.15, 0.2) is 18.2 Å². The number of hydrogen-bond donors (Lipinski definition) is 1. The summed E-state index contributed by atoms with van der Waals surface area (Å²) < 4.78 is 38.7. The summed E-state index contributed by atoms with van der Waals surface area (Å²) in [5.74, 6) is 0.376. The average molecular weight is 357 g/mol. The first-order valence-electron chi connectivity index (χ1n) is 9.15. The summed E-state index contributed by atoms with van der Waals surface area (Å²) in [6.45, 7) is 2.20. The van der Waals surface area contributed by atoms with E-state index in [1.54, 1.807) is 6.07 Å². The molecule has 2 aliphatic rings. The third kappa shape index (κ3) is 4.44. The molecule has 1 saturated heterocycles. The summed E-state index contributed by atoms with van der Waals surface area (Å²) >= 11 is 0. The van der Waals surface area contributed by atoms with Crippen molar-refractivity contribution in [3.8, 4) is 0 Å². The molecule has 1 aliphatic carbocycles. The fourth-order valence-electron chi connectivity index (χ4n) is 4.13. The number of anilines is 1. The molecule has 0 radical (unpaired) electrons. The molecule has 1 aromatic rings. The monoisotopic (exact) mass is 357 g/mol. The van der Waals surface area contributed by atoms with Crippen LogP contribution in [0.25, 0.3) is 0 Å². The molecule has 0 aromatic carbocycles. The Morgan fingerprint density at radius 1 is 1.12 bits per heavy atom. The van der Waals surface area contributed by atoms with Gasteiger partial charge in [0, 0.05) is 38.3 Å². The van der Waals surface area contributed by atoms with Gasteiger partial charge in [0.05, 0.1) is 0 Å². The standard InChI is InChI=1S/C18H26F3N3O/c19-18(20,21)16-7-4-8-17(22-16)23-10-11-24(15(13-23)9-12-25)14-5-2-1-3-6-14/h4,7-8,14-15,25H,1-3,5-6,9-13H2/t15-/m1/s1. The normalized spacial score (nSPS) is 23.8. The minimum atomic E-state index is -4.43. The summed E-state index contributed by atoms with van der Waals surface area (Å²) in [6, 6.07) is 4.77. The number of alkyl halides is 3. The third-order valence-electron chi connectivity index (χ3n) is 5.38. The van der Waals surface area contributed by atoms with Gasteiger partial charge in [-0.3, -0.25) is 4.90 Å². The molecule has 2 fully saturated rings. The molecule has 0 bridgehead atoms. The van der Waals surface area contributed by atoms with Crippen LogP contribution in [0.2, 0.25) is 0 Å². The maximum Gasteiger partial charge on any atom is 0.433 e. The molecule has 1 N–H and O–H groups in total. The second kappa shape index (κ2) is 7.91. The van der Waals surface area contributed by atoms with Crippen molar-refractivity contribution < 1.29 is 18.3 Å². The summed E-state index contributed by atoms with van der Waals surface area (Å²) in [4.78, 5) is 8.22. The maximum atomic E-state index is 12.9. The molecule has 1 aliphatic heterocycles. The summed E-state index contributed by atoms with van der Waals surface area (Å²) in [6.07, 6.45) is 2.36. The number of halogens is 3. The van der Waals surface area contributed by atoms with Crippen LogP contribution in [0, 0.1) is 0 Å². The molecule has 2 heterocycles. The van der Waals surface area contributed by atoms with Gasteiger partial charge in [-0.25, -0.2) is 4.98 Å². The van der Waals surface area contributed by atoms with E-state index in [4.69, 9.17) is 0 Å². The number of piperazine rings is 1. The minimum absolute atomic E-state index is 0.0950. The molecule has 1 aromatic heterocycles. The van der Waals surface area contributed by atoms with Crippen LogP contribution in [0.1, 0.15) is 44.2 Å². The lowest BCUT2D eigenvalue weighted by Crippen LogP contribution is -2.57. The van der Waals surface area contributed by atoms with E-state index in [1.165, 1.54) is 38.2 Å². The van der Waals surface area contributed by atoms with E-state index in [2.05, 4.69) is 9.88 Å². The van der Waals surface area contributed by atoms with Crippen LogP contribution < -0.4 is 4.90 Å². The van der Waals surface area contributed by atoms with E-state index in [0.717, 1.165) is 12.6 Å². The predicted octanol–water partition coefficient (Wildman–Crippen LogP) is 3.31. The summed E-state index contributed by atoms with van der Waals surface area (Å²) in [5.41, 5.74) is -0.849. The van der Waals surface area contributed by atoms with Gasteiger partial charge in [-0.05, 0) is 31.4 Å². The van der Waals surface area contributed by atoms with E-state index in [1.807, 2.05) is 4.90 Å². The second-order valence-corrected chi connectivity index (χ2v) is 7.02. The molecule has 0 spiro atoms. The Morgan fingerprint density at radius 3 is 2.56 bits per heavy atom. The van der Waals surface area contributed by atoms with Gasteiger partial charge in [0.2, 0.25) is 0 Å². The third-order valence-corrected chi connectivity index (χ3v) is 5.38. The smallest absolute Gasteiger partial charge is 0.396 e. The number of aliphatic hydroxyl groups is 1. The number of aromatic nitrogens is 1. The van der Waals surface area contributed by atoms with Crippen molar-refractivity contribution in [2.24, 2.45) is 0 Å². The first-order chi connectivity index (χ1) is 12.0. The molecule has 1 saturated carbocycles. The molecular formula is C18H26F3N3O. The van der Waals surface area contributed by atoms with Gasteiger partial charge >= 0.3 is 6.18 Å². The number of aliphatic hydroxyl groups excluding tert-OH is 1. The van der Waals surface area contributed by atoms with Crippen molar-refractivity contribution in [1.29, 1.82) is 0 Å². The SMILES string of the molecule is OCC[C@@H]1CN(c2cccc(C(F)(F)F)n2)CCN1C1CCCCC1. The Labute approximate surface area is 146 Å². The van der Waals surface area contributed by atoms with Crippen molar-refractivity contribution >= 4 is 5.82 Å². The van der Waals surface area contributed by atoms with E-state index < -0.39 is 11.9 Å². The summed E-state index contributed by atoms with van der Waals surface area (Å²) in [7, 11) is 0. The minimum Gasteiger partial charge on any atom is -0.396 e. The van der Waals surface area contributed by atoms with Gasteiger partial charge < -0.3 is 10.0 Å². The molecule has 140 valence electrons. The second-order valence-electron chi connectivity index (χ2n) is 7.02. The van der Waals surface area contributed by atoms with Gasteiger partial charge in [0.25, 0.3) is 0 Å². The Balaban J connectivity index is 1.73. The van der Waals surface area contributed by atoms with E-state index in [-0.39, 0.29) is 12.6 Å². The van der Waals surface area contributed by atoms with Crippen LogP contribution in [0.3, 0.4) is 0 Å². The van der Waals surface area contributed by atoms with Crippen LogP contribution in [-0.4, -0.2) is 53.3 Å². The quantitative estimate of drug-likeness (QED) is 0.898. The fourth-order valence-corrected chi connectivity index (χ4v) is 4.13.